The number of Topliss-reactive ketones (excluding diaryl/α,β-unsaturated/α-hetero) is 2. The standard InChI is InChI=1S/C35H40N4O6/c1-23(40)25-13-11-24(12-14-25)17-31(41)30-18-26(22-38(30)2)37-34(42)10-5-4-8-16-45-33-20-29-28(19-32(33)44-3)35(43)39-15-7-6-9-27(39)21-36-29/h11-14,18-22,27H,4-10,15-17H2,1-3H3,(H,37,42)/t27-/m0/s1. The van der Waals surface area contributed by atoms with Crippen LogP contribution in [-0.2, 0) is 18.3 Å². The zero-order valence-corrected chi connectivity index (χ0v) is 26.1. The molecule has 1 atom stereocenters. The normalized spacial score (nSPS) is 15.6. The molecule has 0 aliphatic carbocycles. The number of aryl methyl sites for hydroxylation is 1. The highest BCUT2D eigenvalue weighted by molar-refractivity contribution is 6.03. The van der Waals surface area contributed by atoms with E-state index in [1.807, 2.05) is 11.1 Å². The molecule has 45 heavy (non-hydrogen) atoms. The van der Waals surface area contributed by atoms with Crippen LogP contribution in [0.25, 0.3) is 0 Å². The fourth-order valence-corrected chi connectivity index (χ4v) is 5.80. The SMILES string of the molecule is COc1cc2c(cc1OCCCCCC(=O)Nc1cc(C(=O)Cc3ccc(C(C)=O)cc3)n(C)c1)N=C[C@@H]1CCCCN1C2=O. The van der Waals surface area contributed by atoms with Gasteiger partial charge >= 0.3 is 0 Å². The minimum absolute atomic E-state index is 0.0177. The van der Waals surface area contributed by atoms with Crippen LogP contribution in [-0.4, -0.2) is 65.4 Å². The lowest BCUT2D eigenvalue weighted by Crippen LogP contribution is -2.43. The van der Waals surface area contributed by atoms with Crippen LogP contribution < -0.4 is 14.8 Å². The van der Waals surface area contributed by atoms with Crippen molar-refractivity contribution in [3.8, 4) is 11.5 Å². The van der Waals surface area contributed by atoms with E-state index in [-0.39, 0.29) is 35.8 Å². The number of ether oxygens (including phenoxy) is 2. The summed E-state index contributed by atoms with van der Waals surface area (Å²) in [7, 11) is 3.33. The molecule has 0 unspecified atom stereocenters. The first-order valence-corrected chi connectivity index (χ1v) is 15.5. The average Bonchev–Trinajstić information content (AvgIpc) is 3.34. The number of anilines is 1. The predicted molar refractivity (Wildman–Crippen MR) is 172 cm³/mol. The van der Waals surface area contributed by atoms with Crippen molar-refractivity contribution in [2.45, 2.75) is 64.3 Å². The number of rotatable bonds is 13. The Balaban J connectivity index is 1.06. The fourth-order valence-electron chi connectivity index (χ4n) is 5.80. The molecule has 2 amide bonds. The molecular weight excluding hydrogens is 572 g/mol. The number of aromatic nitrogens is 1. The van der Waals surface area contributed by atoms with E-state index in [4.69, 9.17) is 9.47 Å². The van der Waals surface area contributed by atoms with Crippen LogP contribution in [0, 0.1) is 0 Å². The Kier molecular flexibility index (Phi) is 10.1. The molecule has 1 fully saturated rings. The lowest BCUT2D eigenvalue weighted by atomic mass is 10.0. The van der Waals surface area contributed by atoms with Crippen molar-refractivity contribution in [3.63, 3.8) is 0 Å². The van der Waals surface area contributed by atoms with Gasteiger partial charge in [-0.1, -0.05) is 24.3 Å². The summed E-state index contributed by atoms with van der Waals surface area (Å²) in [5, 5.41) is 2.89. The number of nitrogens with one attached hydrogen (secondary N) is 1. The first-order chi connectivity index (χ1) is 21.7. The Bertz CT molecular complexity index is 1610. The van der Waals surface area contributed by atoms with Gasteiger partial charge in [0.1, 0.15) is 0 Å². The zero-order chi connectivity index (χ0) is 31.9. The van der Waals surface area contributed by atoms with Crippen LogP contribution in [0.2, 0.25) is 0 Å². The maximum Gasteiger partial charge on any atom is 0.256 e. The van der Waals surface area contributed by atoms with Crippen molar-refractivity contribution in [3.05, 3.63) is 71.0 Å². The second-order valence-electron chi connectivity index (χ2n) is 11.6. The van der Waals surface area contributed by atoms with Crippen LogP contribution in [0.15, 0.2) is 53.7 Å². The Morgan fingerprint density at radius 3 is 2.58 bits per heavy atom. The van der Waals surface area contributed by atoms with Crippen LogP contribution in [0.4, 0.5) is 11.4 Å². The quantitative estimate of drug-likeness (QED) is 0.188. The van der Waals surface area contributed by atoms with E-state index < -0.39 is 0 Å². The van der Waals surface area contributed by atoms with Crippen molar-refractivity contribution in [2.75, 3.05) is 25.6 Å². The van der Waals surface area contributed by atoms with Gasteiger partial charge in [-0.05, 0) is 63.1 Å². The minimum Gasteiger partial charge on any atom is -0.493 e. The summed E-state index contributed by atoms with van der Waals surface area (Å²) < 4.78 is 13.3. The van der Waals surface area contributed by atoms with Gasteiger partial charge in [0.2, 0.25) is 5.91 Å². The Hall–Kier alpha value is -4.73. The van der Waals surface area contributed by atoms with Crippen molar-refractivity contribution in [1.82, 2.24) is 9.47 Å². The number of ketones is 2. The zero-order valence-electron chi connectivity index (χ0n) is 26.1. The van der Waals surface area contributed by atoms with Gasteiger partial charge in [0.15, 0.2) is 23.1 Å². The second-order valence-corrected chi connectivity index (χ2v) is 11.6. The molecule has 236 valence electrons. The van der Waals surface area contributed by atoms with E-state index in [1.165, 1.54) is 6.92 Å². The highest BCUT2D eigenvalue weighted by Gasteiger charge is 2.31. The summed E-state index contributed by atoms with van der Waals surface area (Å²) in [4.78, 5) is 56.6. The molecule has 2 aromatic carbocycles. The third kappa shape index (κ3) is 7.68. The van der Waals surface area contributed by atoms with Gasteiger partial charge in [0.25, 0.3) is 5.91 Å². The maximum atomic E-state index is 13.2. The highest BCUT2D eigenvalue weighted by atomic mass is 16.5. The number of aliphatic imine (C=N–C) groups is 1. The summed E-state index contributed by atoms with van der Waals surface area (Å²) in [6.45, 7) is 2.68. The number of piperidine rings is 1. The van der Waals surface area contributed by atoms with Gasteiger partial charge in [0, 0.05) is 50.5 Å². The predicted octanol–water partition coefficient (Wildman–Crippen LogP) is 5.95. The molecule has 5 rings (SSSR count). The molecule has 2 aliphatic heterocycles. The van der Waals surface area contributed by atoms with Gasteiger partial charge in [-0.15, -0.1) is 0 Å². The topological polar surface area (TPSA) is 119 Å². The lowest BCUT2D eigenvalue weighted by molar-refractivity contribution is -0.116. The smallest absolute Gasteiger partial charge is 0.256 e. The summed E-state index contributed by atoms with van der Waals surface area (Å²) in [5.41, 5.74) is 3.63. The third-order valence-corrected chi connectivity index (χ3v) is 8.31. The van der Waals surface area contributed by atoms with Gasteiger partial charge in [-0.2, -0.15) is 0 Å². The van der Waals surface area contributed by atoms with Gasteiger partial charge in [0.05, 0.1) is 42.4 Å². The monoisotopic (exact) mass is 612 g/mol. The number of benzene rings is 2. The Morgan fingerprint density at radius 1 is 1.02 bits per heavy atom. The summed E-state index contributed by atoms with van der Waals surface area (Å²) in [6, 6.07) is 12.2. The maximum absolute atomic E-state index is 13.2. The number of methoxy groups -OCH3 is 1. The van der Waals surface area contributed by atoms with Gasteiger partial charge < -0.3 is 24.3 Å². The van der Waals surface area contributed by atoms with E-state index in [0.29, 0.717) is 59.1 Å². The molecule has 3 aromatic rings. The van der Waals surface area contributed by atoms with E-state index >= 15 is 0 Å². The molecule has 3 heterocycles. The van der Waals surface area contributed by atoms with Crippen molar-refractivity contribution >= 4 is 41.0 Å². The molecular formula is C35H40N4O6. The lowest BCUT2D eigenvalue weighted by Gasteiger charge is -2.32. The average molecular weight is 613 g/mol. The summed E-state index contributed by atoms with van der Waals surface area (Å²) in [6.07, 6.45) is 9.37. The number of hydrogen-bond acceptors (Lipinski definition) is 7. The number of carbonyl (C=O) groups is 4. The Labute approximate surface area is 263 Å². The van der Waals surface area contributed by atoms with Crippen LogP contribution in [0.1, 0.15) is 88.6 Å². The molecule has 1 N–H and O–H groups in total. The van der Waals surface area contributed by atoms with Crippen molar-refractivity contribution < 1.29 is 28.7 Å². The molecule has 2 aliphatic rings. The van der Waals surface area contributed by atoms with E-state index in [9.17, 15) is 19.2 Å². The first-order valence-electron chi connectivity index (χ1n) is 15.5. The van der Waals surface area contributed by atoms with E-state index in [2.05, 4.69) is 10.3 Å². The van der Waals surface area contributed by atoms with E-state index in [0.717, 1.165) is 44.2 Å². The first kappa shape index (κ1) is 31.7. The largest absolute Gasteiger partial charge is 0.493 e. The van der Waals surface area contributed by atoms with Crippen molar-refractivity contribution in [1.29, 1.82) is 0 Å². The van der Waals surface area contributed by atoms with Gasteiger partial charge in [-0.25, -0.2) is 0 Å². The summed E-state index contributed by atoms with van der Waals surface area (Å²) >= 11 is 0. The van der Waals surface area contributed by atoms with Crippen LogP contribution >= 0.6 is 0 Å². The number of hydrogen-bond donors (Lipinski definition) is 1. The van der Waals surface area contributed by atoms with Crippen LogP contribution in [0.3, 0.4) is 0 Å². The van der Waals surface area contributed by atoms with Crippen LogP contribution in [0.5, 0.6) is 11.5 Å². The molecule has 10 heteroatoms. The number of amides is 2. The van der Waals surface area contributed by atoms with E-state index in [1.54, 1.807) is 67.4 Å². The Morgan fingerprint density at radius 2 is 1.82 bits per heavy atom. The third-order valence-electron chi connectivity index (χ3n) is 8.31. The number of fused-ring (bicyclic) bond motifs is 2. The number of nitrogens with zero attached hydrogens (tertiary/aromatic N) is 3. The number of carbonyl (C=O) groups excluding carboxylic acids is 4. The molecule has 1 aromatic heterocycles. The minimum atomic E-state index is -0.119. The number of unbranched alkanes of at least 4 members (excludes halogenated alkanes) is 2. The molecule has 0 bridgehead atoms. The van der Waals surface area contributed by atoms with Gasteiger partial charge in [-0.3, -0.25) is 24.2 Å². The molecule has 1 saturated heterocycles. The molecule has 10 nitrogen and oxygen atoms in total. The molecule has 0 saturated carbocycles. The summed E-state index contributed by atoms with van der Waals surface area (Å²) in [5.74, 6) is 0.808. The van der Waals surface area contributed by atoms with Crippen molar-refractivity contribution in [2.24, 2.45) is 12.0 Å². The molecule has 0 spiro atoms. The second kappa shape index (κ2) is 14.4. The molecule has 0 radical (unpaired) electrons. The highest BCUT2D eigenvalue weighted by Crippen LogP contribution is 2.38. The fraction of sp³-hybridized carbons (Fsp3) is 0.400.